The van der Waals surface area contributed by atoms with Crippen LogP contribution in [0.15, 0.2) is 64.2 Å². The predicted octanol–water partition coefficient (Wildman–Crippen LogP) is 2.51. The van der Waals surface area contributed by atoms with Gasteiger partial charge in [0.2, 0.25) is 15.9 Å². The molecule has 0 saturated carbocycles. The molecule has 0 bridgehead atoms. The Bertz CT molecular complexity index is 1350. The molecule has 2 N–H and O–H groups in total. The lowest BCUT2D eigenvalue weighted by Crippen LogP contribution is -2.52. The number of carbonyl (C=O) groups excluding carboxylic acids is 3. The van der Waals surface area contributed by atoms with E-state index in [0.717, 1.165) is 9.69 Å². The fourth-order valence-electron chi connectivity index (χ4n) is 4.30. The second-order valence-corrected chi connectivity index (χ2v) is 11.4. The Morgan fingerprint density at radius 2 is 1.97 bits per heavy atom. The minimum Gasteiger partial charge on any atom is -0.451 e. The van der Waals surface area contributed by atoms with Crippen LogP contribution in [0.5, 0.6) is 0 Å². The Hall–Kier alpha value is -3.57. The third-order valence-electron chi connectivity index (χ3n) is 6.19. The number of benzene rings is 1. The average molecular weight is 527 g/mol. The fraction of sp³-hybridized carbons (Fsp3) is 0.385. The van der Waals surface area contributed by atoms with Crippen LogP contribution in [0.3, 0.4) is 0 Å². The number of rotatable bonds is 8. The Morgan fingerprint density at radius 1 is 1.19 bits per heavy atom. The molecule has 2 amide bonds. The topological polar surface area (TPSA) is 139 Å². The molecule has 1 unspecified atom stereocenters. The number of amides is 2. The summed E-state index contributed by atoms with van der Waals surface area (Å²) in [5.74, 6) is -1.27. The Morgan fingerprint density at radius 3 is 2.68 bits per heavy atom. The summed E-state index contributed by atoms with van der Waals surface area (Å²) in [5.41, 5.74) is 0.562. The summed E-state index contributed by atoms with van der Waals surface area (Å²) in [7, 11) is -3.89. The van der Waals surface area contributed by atoms with Crippen LogP contribution in [0.1, 0.15) is 43.7 Å². The van der Waals surface area contributed by atoms with E-state index >= 15 is 0 Å². The number of hydrogen-bond acceptors (Lipinski definition) is 7. The summed E-state index contributed by atoms with van der Waals surface area (Å²) in [6.45, 7) is 3.63. The van der Waals surface area contributed by atoms with E-state index in [1.165, 1.54) is 24.5 Å². The summed E-state index contributed by atoms with van der Waals surface area (Å²) in [5, 5.41) is 6.24. The van der Waals surface area contributed by atoms with Crippen LogP contribution in [0.2, 0.25) is 0 Å². The van der Waals surface area contributed by atoms with Crippen molar-refractivity contribution in [2.45, 2.75) is 50.1 Å². The molecule has 196 valence electrons. The van der Waals surface area contributed by atoms with Gasteiger partial charge >= 0.3 is 0 Å². The van der Waals surface area contributed by atoms with Crippen molar-refractivity contribution in [3.8, 4) is 0 Å². The van der Waals surface area contributed by atoms with Crippen LogP contribution in [0.25, 0.3) is 11.0 Å². The van der Waals surface area contributed by atoms with Crippen LogP contribution < -0.4 is 10.6 Å². The van der Waals surface area contributed by atoms with Gasteiger partial charge in [0.1, 0.15) is 16.5 Å². The Balaban J connectivity index is 1.44. The molecule has 4 rings (SSSR count). The molecule has 1 aliphatic heterocycles. The molecule has 1 aliphatic rings. The van der Waals surface area contributed by atoms with Gasteiger partial charge in [0.25, 0.3) is 5.91 Å². The summed E-state index contributed by atoms with van der Waals surface area (Å²) >= 11 is 0. The Labute approximate surface area is 215 Å². The zero-order valence-electron chi connectivity index (χ0n) is 20.7. The number of para-hydroxylation sites is 1. The zero-order chi connectivity index (χ0) is 26.6. The van der Waals surface area contributed by atoms with Gasteiger partial charge in [-0.1, -0.05) is 32.0 Å². The van der Waals surface area contributed by atoms with E-state index in [9.17, 15) is 22.8 Å². The van der Waals surface area contributed by atoms with E-state index in [-0.39, 0.29) is 36.1 Å². The van der Waals surface area contributed by atoms with E-state index in [1.807, 2.05) is 26.0 Å². The molecule has 3 aromatic rings. The number of nitrogens with zero attached hydrogens (tertiary/aromatic N) is 2. The van der Waals surface area contributed by atoms with Crippen molar-refractivity contribution in [2.75, 3.05) is 13.1 Å². The molecule has 11 heteroatoms. The van der Waals surface area contributed by atoms with Crippen molar-refractivity contribution in [3.63, 3.8) is 0 Å². The maximum absolute atomic E-state index is 13.2. The van der Waals surface area contributed by atoms with Crippen molar-refractivity contribution in [3.05, 3.63) is 60.6 Å². The molecule has 1 saturated heterocycles. The second kappa shape index (κ2) is 11.2. The molecule has 1 aromatic carbocycles. The van der Waals surface area contributed by atoms with Crippen molar-refractivity contribution >= 4 is 38.6 Å². The van der Waals surface area contributed by atoms with Crippen molar-refractivity contribution < 1.29 is 27.2 Å². The smallest absolute Gasteiger partial charge is 0.287 e. The van der Waals surface area contributed by atoms with Gasteiger partial charge in [-0.2, -0.15) is 4.31 Å². The maximum atomic E-state index is 13.2. The molecule has 0 radical (unpaired) electrons. The minimum absolute atomic E-state index is 0.00980. The van der Waals surface area contributed by atoms with E-state index in [1.54, 1.807) is 18.2 Å². The highest BCUT2D eigenvalue weighted by Crippen LogP contribution is 2.20. The van der Waals surface area contributed by atoms with E-state index < -0.39 is 39.7 Å². The van der Waals surface area contributed by atoms with Crippen LogP contribution in [0.4, 0.5) is 0 Å². The molecule has 10 nitrogen and oxygen atoms in total. The average Bonchev–Trinajstić information content (AvgIpc) is 3.23. The normalized spacial score (nSPS) is 17.9. The number of ketones is 1. The van der Waals surface area contributed by atoms with Crippen LogP contribution in [-0.4, -0.2) is 60.5 Å². The molecule has 2 aromatic heterocycles. The summed E-state index contributed by atoms with van der Waals surface area (Å²) in [6.07, 6.45) is 3.73. The van der Waals surface area contributed by atoms with Gasteiger partial charge in [0.15, 0.2) is 11.5 Å². The third-order valence-corrected chi connectivity index (χ3v) is 8.02. The predicted molar refractivity (Wildman–Crippen MR) is 136 cm³/mol. The fourth-order valence-corrected chi connectivity index (χ4v) is 5.71. The molecule has 0 aliphatic carbocycles. The molecule has 3 heterocycles. The van der Waals surface area contributed by atoms with Crippen LogP contribution in [0, 0.1) is 5.92 Å². The lowest BCUT2D eigenvalue weighted by molar-refractivity contribution is -0.129. The zero-order valence-corrected chi connectivity index (χ0v) is 21.5. The highest BCUT2D eigenvalue weighted by molar-refractivity contribution is 7.89. The van der Waals surface area contributed by atoms with Gasteiger partial charge in [-0.3, -0.25) is 19.4 Å². The van der Waals surface area contributed by atoms with E-state index in [2.05, 4.69) is 15.6 Å². The first-order chi connectivity index (χ1) is 17.6. The Kier molecular flexibility index (Phi) is 8.03. The van der Waals surface area contributed by atoms with Gasteiger partial charge in [0.05, 0.1) is 12.6 Å². The largest absolute Gasteiger partial charge is 0.451 e. The standard InChI is InChI=1S/C26H30N4O6S/c1-17(2)13-21(29-26(33)24-14-18-7-3-4-10-23(18)36-24)25(32)28-20-9-6-12-30(16-22(20)31)37(34,35)19-8-5-11-27-15-19/h3-5,7-8,10-11,14-15,17,20-21H,6,9,12-13,16H2,1-2H3,(H,28,32)(H,29,33)/t20?,21-/m0/s1. The SMILES string of the molecule is CC(C)C[C@H](NC(=O)c1cc2ccccc2o1)C(=O)NC1CCCN(S(=O)(=O)c2cccnc2)CC1=O. The molecule has 1 fully saturated rings. The van der Waals surface area contributed by atoms with Crippen molar-refractivity contribution in [2.24, 2.45) is 5.92 Å². The number of sulfonamides is 1. The first-order valence-corrected chi connectivity index (χ1v) is 13.6. The number of nitrogens with one attached hydrogen (secondary N) is 2. The number of pyridine rings is 1. The molecule has 2 atom stereocenters. The lowest BCUT2D eigenvalue weighted by Gasteiger charge is -2.23. The number of furan rings is 1. The van der Waals surface area contributed by atoms with Crippen LogP contribution in [-0.2, 0) is 19.6 Å². The lowest BCUT2D eigenvalue weighted by atomic mass is 10.0. The number of aromatic nitrogens is 1. The summed E-state index contributed by atoms with van der Waals surface area (Å²) in [6, 6.07) is 10.0. The minimum atomic E-state index is -3.89. The van der Waals surface area contributed by atoms with Crippen molar-refractivity contribution in [1.82, 2.24) is 19.9 Å². The molecular formula is C26H30N4O6S. The molecular weight excluding hydrogens is 496 g/mol. The maximum Gasteiger partial charge on any atom is 0.287 e. The first kappa shape index (κ1) is 26.5. The molecule has 37 heavy (non-hydrogen) atoms. The second-order valence-electron chi connectivity index (χ2n) is 9.50. The molecule has 0 spiro atoms. The van der Waals surface area contributed by atoms with Gasteiger partial charge < -0.3 is 15.1 Å². The van der Waals surface area contributed by atoms with Crippen molar-refractivity contribution in [1.29, 1.82) is 0 Å². The van der Waals surface area contributed by atoms with Gasteiger partial charge in [-0.15, -0.1) is 0 Å². The van der Waals surface area contributed by atoms with Gasteiger partial charge in [-0.25, -0.2) is 8.42 Å². The highest BCUT2D eigenvalue weighted by atomic mass is 32.2. The quantitative estimate of drug-likeness (QED) is 0.460. The number of carbonyl (C=O) groups is 3. The monoisotopic (exact) mass is 526 g/mol. The van der Waals surface area contributed by atoms with E-state index in [4.69, 9.17) is 4.42 Å². The number of fused-ring (bicyclic) bond motifs is 1. The number of Topliss-reactive ketones (excluding diaryl/α,β-unsaturated/α-hetero) is 1. The van der Waals surface area contributed by atoms with Gasteiger partial charge in [0, 0.05) is 24.3 Å². The summed E-state index contributed by atoms with van der Waals surface area (Å²) in [4.78, 5) is 42.9. The third kappa shape index (κ3) is 6.23. The first-order valence-electron chi connectivity index (χ1n) is 12.2. The van der Waals surface area contributed by atoms with Crippen LogP contribution >= 0.6 is 0 Å². The highest BCUT2D eigenvalue weighted by Gasteiger charge is 2.34. The van der Waals surface area contributed by atoms with E-state index in [0.29, 0.717) is 18.4 Å². The summed E-state index contributed by atoms with van der Waals surface area (Å²) < 4.78 is 32.6. The van der Waals surface area contributed by atoms with Gasteiger partial charge in [-0.05, 0) is 49.4 Å². The number of hydrogen-bond donors (Lipinski definition) is 2.